The van der Waals surface area contributed by atoms with E-state index < -0.39 is 30.6 Å². The minimum Gasteiger partial charge on any atom is -0.457 e. The molecule has 1 radical (unpaired) electrons. The van der Waals surface area contributed by atoms with Crippen LogP contribution in [0.3, 0.4) is 0 Å². The molecule has 2 heterocycles. The molecule has 1 atom stereocenters. The quantitative estimate of drug-likeness (QED) is 0.625. The molecule has 1 aromatic carbocycles. The highest BCUT2D eigenvalue weighted by Crippen LogP contribution is 2.39. The van der Waals surface area contributed by atoms with Crippen LogP contribution in [0.15, 0.2) is 30.5 Å². The van der Waals surface area contributed by atoms with Gasteiger partial charge in [0.2, 0.25) is 12.0 Å². The highest BCUT2D eigenvalue weighted by atomic mass is 32.1. The molecule has 2 aromatic heterocycles. The summed E-state index contributed by atoms with van der Waals surface area (Å²) in [6, 6.07) is 6.45. The Labute approximate surface area is 149 Å². The largest absolute Gasteiger partial charge is 0.457 e. The summed E-state index contributed by atoms with van der Waals surface area (Å²) in [6.07, 6.45) is -6.27. The van der Waals surface area contributed by atoms with Crippen LogP contribution in [0, 0.1) is 0 Å². The zero-order valence-electron chi connectivity index (χ0n) is 13.3. The van der Waals surface area contributed by atoms with Gasteiger partial charge in [0.05, 0.1) is 15.9 Å². The van der Waals surface area contributed by atoms with E-state index in [1.165, 1.54) is 6.92 Å². The number of thiazole rings is 1. The molecule has 0 fully saturated rings. The average molecular weight is 382 g/mol. The number of fused-ring (bicyclic) bond motifs is 1. The monoisotopic (exact) mass is 382 g/mol. The molecule has 0 N–H and O–H groups in total. The Morgan fingerprint density at radius 1 is 1.23 bits per heavy atom. The number of carbonyl (C=O) groups is 1. The Hall–Kier alpha value is -2.59. The van der Waals surface area contributed by atoms with Crippen LogP contribution in [0.5, 0.6) is 5.88 Å². The molecule has 1 unspecified atom stereocenters. The van der Waals surface area contributed by atoms with E-state index in [2.05, 4.69) is 15.0 Å². The maximum atomic E-state index is 13.5. The van der Waals surface area contributed by atoms with E-state index >= 15 is 0 Å². The van der Waals surface area contributed by atoms with Gasteiger partial charge in [0.15, 0.2) is 10.8 Å². The molecule has 0 amide bonds. The standard InChI is InChI=1S/C16H11F3N3O3S/c1-8(24)15-20-6-12(26-15)13(16(17,18)19)25-14-11(7-23)21-9-4-2-3-5-10(9)22-14/h2-6,13H,7H2,1H3. The molecule has 0 spiro atoms. The van der Waals surface area contributed by atoms with Crippen LogP contribution in [0.1, 0.15) is 33.4 Å². The van der Waals surface area contributed by atoms with Crippen molar-refractivity contribution >= 4 is 28.2 Å². The normalized spacial score (nSPS) is 13.0. The molecule has 135 valence electrons. The summed E-state index contributed by atoms with van der Waals surface area (Å²) in [5.41, 5.74) is 0.453. The first-order valence-corrected chi connectivity index (χ1v) is 8.15. The van der Waals surface area contributed by atoms with Crippen molar-refractivity contribution in [2.75, 3.05) is 0 Å². The number of ketones is 1. The molecule has 0 aliphatic carbocycles. The number of Topliss-reactive ketones (excluding diaryl/α,β-unsaturated/α-hetero) is 1. The van der Waals surface area contributed by atoms with E-state index in [1.54, 1.807) is 24.3 Å². The Morgan fingerprint density at radius 2 is 1.88 bits per heavy atom. The third-order valence-corrected chi connectivity index (χ3v) is 4.49. The van der Waals surface area contributed by atoms with Crippen molar-refractivity contribution in [2.24, 2.45) is 0 Å². The van der Waals surface area contributed by atoms with E-state index in [4.69, 9.17) is 4.74 Å². The van der Waals surface area contributed by atoms with Crippen molar-refractivity contribution in [1.29, 1.82) is 0 Å². The van der Waals surface area contributed by atoms with Crippen molar-refractivity contribution in [3.63, 3.8) is 0 Å². The van der Waals surface area contributed by atoms with Gasteiger partial charge < -0.3 is 4.74 Å². The van der Waals surface area contributed by atoms with Crippen molar-refractivity contribution in [1.82, 2.24) is 15.0 Å². The van der Waals surface area contributed by atoms with Crippen molar-refractivity contribution in [3.8, 4) is 5.88 Å². The molecule has 0 aliphatic rings. The van der Waals surface area contributed by atoms with Crippen LogP contribution in [-0.4, -0.2) is 26.9 Å². The van der Waals surface area contributed by atoms with Gasteiger partial charge in [-0.3, -0.25) is 4.79 Å². The summed E-state index contributed by atoms with van der Waals surface area (Å²) in [5, 5.41) is 11.3. The zero-order valence-corrected chi connectivity index (χ0v) is 14.1. The third kappa shape index (κ3) is 3.65. The predicted octanol–water partition coefficient (Wildman–Crippen LogP) is 3.90. The lowest BCUT2D eigenvalue weighted by Gasteiger charge is -2.20. The molecule has 10 heteroatoms. The maximum Gasteiger partial charge on any atom is 0.430 e. The predicted molar refractivity (Wildman–Crippen MR) is 85.5 cm³/mol. The second-order valence-corrected chi connectivity index (χ2v) is 6.33. The number of benzene rings is 1. The Balaban J connectivity index is 2.04. The second kappa shape index (κ2) is 6.96. The number of carbonyl (C=O) groups excluding carboxylic acids is 1. The number of alkyl halides is 3. The van der Waals surface area contributed by atoms with E-state index in [0.29, 0.717) is 22.4 Å². The van der Waals surface area contributed by atoms with Gasteiger partial charge in [-0.2, -0.15) is 13.2 Å². The first-order chi connectivity index (χ1) is 12.3. The van der Waals surface area contributed by atoms with Gasteiger partial charge in [-0.15, -0.1) is 11.3 Å². The number of hydrogen-bond acceptors (Lipinski definition) is 6. The fourth-order valence-electron chi connectivity index (χ4n) is 2.18. The summed E-state index contributed by atoms with van der Waals surface area (Å²) in [6.45, 7) is 0.315. The Kier molecular flexibility index (Phi) is 4.88. The summed E-state index contributed by atoms with van der Waals surface area (Å²) < 4.78 is 45.5. The Morgan fingerprint density at radius 3 is 2.42 bits per heavy atom. The van der Waals surface area contributed by atoms with Crippen LogP contribution in [0.2, 0.25) is 0 Å². The molecule has 0 aliphatic heterocycles. The maximum absolute atomic E-state index is 13.5. The van der Waals surface area contributed by atoms with Crippen molar-refractivity contribution in [3.05, 3.63) is 46.0 Å². The average Bonchev–Trinajstić information content (AvgIpc) is 3.07. The van der Waals surface area contributed by atoms with Gasteiger partial charge in [0.25, 0.3) is 0 Å². The number of halogens is 3. The molecule has 0 saturated heterocycles. The van der Waals surface area contributed by atoms with Gasteiger partial charge >= 0.3 is 6.18 Å². The molecular formula is C16H11F3N3O3S. The summed E-state index contributed by atoms with van der Waals surface area (Å²) in [7, 11) is 0. The number of nitrogens with zero attached hydrogens (tertiary/aromatic N) is 3. The fourth-order valence-corrected chi connectivity index (χ4v) is 3.04. The second-order valence-electron chi connectivity index (χ2n) is 5.27. The zero-order chi connectivity index (χ0) is 18.9. The molecule has 26 heavy (non-hydrogen) atoms. The molecular weight excluding hydrogens is 371 g/mol. The number of rotatable bonds is 5. The Bertz CT molecular complexity index is 959. The van der Waals surface area contributed by atoms with Gasteiger partial charge in [-0.05, 0) is 12.1 Å². The molecule has 3 aromatic rings. The lowest BCUT2D eigenvalue weighted by atomic mass is 10.3. The number of aromatic nitrogens is 3. The van der Waals surface area contributed by atoms with Crippen LogP contribution in [-0.2, 0) is 11.7 Å². The first kappa shape index (κ1) is 18.2. The number of ether oxygens (including phenoxy) is 1. The molecule has 6 nitrogen and oxygen atoms in total. The third-order valence-electron chi connectivity index (χ3n) is 3.35. The van der Waals surface area contributed by atoms with E-state index in [0.717, 1.165) is 6.20 Å². The highest BCUT2D eigenvalue weighted by Gasteiger charge is 2.45. The van der Waals surface area contributed by atoms with Crippen LogP contribution >= 0.6 is 11.3 Å². The smallest absolute Gasteiger partial charge is 0.430 e. The SMILES string of the molecule is CC(=O)c1ncc(C(Oc2nc3ccccc3nc2C[O])C(F)(F)F)s1. The van der Waals surface area contributed by atoms with Crippen molar-refractivity contribution < 1.29 is 27.8 Å². The lowest BCUT2D eigenvalue weighted by molar-refractivity contribution is -0.198. The van der Waals surface area contributed by atoms with Crippen molar-refractivity contribution in [2.45, 2.75) is 25.8 Å². The van der Waals surface area contributed by atoms with Crippen LogP contribution < -0.4 is 4.74 Å². The molecule has 3 rings (SSSR count). The topological polar surface area (TPSA) is 84.9 Å². The molecule has 0 bridgehead atoms. The van der Waals surface area contributed by atoms with Gasteiger partial charge in [0, 0.05) is 13.1 Å². The lowest BCUT2D eigenvalue weighted by Crippen LogP contribution is -2.26. The summed E-state index contributed by atoms with van der Waals surface area (Å²) >= 11 is 0.580. The summed E-state index contributed by atoms with van der Waals surface area (Å²) in [4.78, 5) is 22.7. The van der Waals surface area contributed by atoms with E-state index in [-0.39, 0.29) is 15.6 Å². The van der Waals surface area contributed by atoms with Gasteiger partial charge in [-0.1, -0.05) is 12.1 Å². The summed E-state index contributed by atoms with van der Waals surface area (Å²) in [5.74, 6) is -0.938. The van der Waals surface area contributed by atoms with Crippen LogP contribution in [0.4, 0.5) is 13.2 Å². The fraction of sp³-hybridized carbons (Fsp3) is 0.250. The highest BCUT2D eigenvalue weighted by molar-refractivity contribution is 7.13. The minimum atomic E-state index is -4.80. The molecule has 0 saturated carbocycles. The van der Waals surface area contributed by atoms with Crippen LogP contribution in [0.25, 0.3) is 11.0 Å². The van der Waals surface area contributed by atoms with E-state index in [1.807, 2.05) is 0 Å². The van der Waals surface area contributed by atoms with Gasteiger partial charge in [0.1, 0.15) is 12.3 Å². The number of para-hydroxylation sites is 2. The van der Waals surface area contributed by atoms with Gasteiger partial charge in [-0.25, -0.2) is 20.1 Å². The minimum absolute atomic E-state index is 0.0634. The number of hydrogen-bond donors (Lipinski definition) is 0. The first-order valence-electron chi connectivity index (χ1n) is 7.33. The van der Waals surface area contributed by atoms with E-state index in [9.17, 15) is 23.1 Å².